The maximum absolute atomic E-state index is 6.11. The molecule has 1 nitrogen and oxygen atoms in total. The Morgan fingerprint density at radius 3 is 2.10 bits per heavy atom. The lowest BCUT2D eigenvalue weighted by atomic mass is 9.96. The Kier molecular flexibility index (Phi) is 2.65. The molecule has 0 atom stereocenters. The molecular weight excluding hydrogens is 254 g/mol. The van der Waals surface area contributed by atoms with Crippen molar-refractivity contribution in [2.75, 3.05) is 5.73 Å². The van der Waals surface area contributed by atoms with Gasteiger partial charge in [0.25, 0.3) is 0 Å². The molecule has 100 valence electrons. The topological polar surface area (TPSA) is 26.0 Å². The first kappa shape index (κ1) is 12.0. The van der Waals surface area contributed by atoms with Gasteiger partial charge in [-0.2, -0.15) is 0 Å². The zero-order valence-electron chi connectivity index (χ0n) is 11.6. The van der Waals surface area contributed by atoms with E-state index in [-0.39, 0.29) is 0 Å². The molecule has 1 heteroatoms. The van der Waals surface area contributed by atoms with E-state index in [1.807, 2.05) is 18.2 Å². The lowest BCUT2D eigenvalue weighted by molar-refractivity contribution is 1.63. The van der Waals surface area contributed by atoms with Gasteiger partial charge in [-0.15, -0.1) is 0 Å². The van der Waals surface area contributed by atoms with E-state index in [0.717, 1.165) is 16.8 Å². The molecule has 0 radical (unpaired) electrons. The summed E-state index contributed by atoms with van der Waals surface area (Å²) < 4.78 is 0. The number of benzene rings is 4. The number of anilines is 1. The summed E-state index contributed by atoms with van der Waals surface area (Å²) in [6.45, 7) is 0. The fourth-order valence-electron chi connectivity index (χ4n) is 2.93. The number of hydrogen-bond acceptors (Lipinski definition) is 1. The van der Waals surface area contributed by atoms with E-state index < -0.39 is 0 Å². The van der Waals surface area contributed by atoms with E-state index in [9.17, 15) is 0 Å². The number of hydrogen-bond donors (Lipinski definition) is 1. The Morgan fingerprint density at radius 1 is 0.571 bits per heavy atom. The van der Waals surface area contributed by atoms with Crippen LogP contribution in [0.25, 0.3) is 32.7 Å². The zero-order chi connectivity index (χ0) is 14.2. The standard InChI is InChI=1S/C20H15N/c21-20-8-4-3-7-18(20)16-12-11-15-10-9-14-5-1-2-6-17(14)19(15)13-16/h1-13H,21H2. The summed E-state index contributed by atoms with van der Waals surface area (Å²) in [5, 5.41) is 5.08. The van der Waals surface area contributed by atoms with Gasteiger partial charge in [0.1, 0.15) is 0 Å². The van der Waals surface area contributed by atoms with Crippen molar-refractivity contribution in [1.29, 1.82) is 0 Å². The summed E-state index contributed by atoms with van der Waals surface area (Å²) in [6, 6.07) is 27.4. The van der Waals surface area contributed by atoms with Crippen LogP contribution in [-0.2, 0) is 0 Å². The predicted molar refractivity (Wildman–Crippen MR) is 91.3 cm³/mol. The lowest BCUT2D eigenvalue weighted by Gasteiger charge is -2.09. The van der Waals surface area contributed by atoms with E-state index in [1.54, 1.807) is 0 Å². The molecule has 0 spiro atoms. The van der Waals surface area contributed by atoms with Crippen molar-refractivity contribution < 1.29 is 0 Å². The summed E-state index contributed by atoms with van der Waals surface area (Å²) in [7, 11) is 0. The van der Waals surface area contributed by atoms with Crippen LogP contribution in [0.4, 0.5) is 5.69 Å². The average Bonchev–Trinajstić information content (AvgIpc) is 2.55. The first-order chi connectivity index (χ1) is 10.3. The predicted octanol–water partition coefficient (Wildman–Crippen LogP) is 5.24. The highest BCUT2D eigenvalue weighted by Crippen LogP contribution is 2.32. The largest absolute Gasteiger partial charge is 0.398 e. The van der Waals surface area contributed by atoms with Gasteiger partial charge in [-0.25, -0.2) is 0 Å². The molecule has 0 bridgehead atoms. The van der Waals surface area contributed by atoms with Crippen molar-refractivity contribution in [3.63, 3.8) is 0 Å². The molecule has 0 aromatic heterocycles. The molecule has 0 amide bonds. The second-order valence-corrected chi connectivity index (χ2v) is 5.31. The molecule has 0 heterocycles. The van der Waals surface area contributed by atoms with Gasteiger partial charge in [0.15, 0.2) is 0 Å². The Morgan fingerprint density at radius 2 is 1.24 bits per heavy atom. The van der Waals surface area contributed by atoms with Gasteiger partial charge in [0.05, 0.1) is 0 Å². The maximum Gasteiger partial charge on any atom is 0.0393 e. The van der Waals surface area contributed by atoms with E-state index in [1.165, 1.54) is 21.5 Å². The highest BCUT2D eigenvalue weighted by molar-refractivity contribution is 6.08. The number of rotatable bonds is 1. The van der Waals surface area contributed by atoms with Crippen LogP contribution in [0, 0.1) is 0 Å². The number of fused-ring (bicyclic) bond motifs is 3. The van der Waals surface area contributed by atoms with Crippen molar-refractivity contribution in [1.82, 2.24) is 0 Å². The van der Waals surface area contributed by atoms with E-state index in [0.29, 0.717) is 0 Å². The fourth-order valence-corrected chi connectivity index (χ4v) is 2.93. The van der Waals surface area contributed by atoms with Crippen LogP contribution < -0.4 is 5.73 Å². The quantitative estimate of drug-likeness (QED) is 0.371. The Hall–Kier alpha value is -2.80. The highest BCUT2D eigenvalue weighted by Gasteiger charge is 2.05. The molecule has 0 aliphatic carbocycles. The molecule has 0 unspecified atom stereocenters. The molecule has 21 heavy (non-hydrogen) atoms. The lowest BCUT2D eigenvalue weighted by Crippen LogP contribution is -1.89. The van der Waals surface area contributed by atoms with Crippen molar-refractivity contribution in [2.45, 2.75) is 0 Å². The molecule has 4 aromatic rings. The molecule has 0 aliphatic heterocycles. The minimum Gasteiger partial charge on any atom is -0.398 e. The minimum atomic E-state index is 0.817. The first-order valence-electron chi connectivity index (χ1n) is 7.09. The van der Waals surface area contributed by atoms with Crippen molar-refractivity contribution in [2.24, 2.45) is 0 Å². The van der Waals surface area contributed by atoms with Crippen LogP contribution in [0.15, 0.2) is 78.9 Å². The maximum atomic E-state index is 6.11. The molecule has 4 aromatic carbocycles. The Bertz CT molecular complexity index is 954. The summed E-state index contributed by atoms with van der Waals surface area (Å²) in [5.74, 6) is 0. The molecule has 2 N–H and O–H groups in total. The van der Waals surface area contributed by atoms with Gasteiger partial charge in [-0.1, -0.05) is 66.7 Å². The van der Waals surface area contributed by atoms with Gasteiger partial charge >= 0.3 is 0 Å². The number of nitrogen functional groups attached to an aromatic ring is 1. The smallest absolute Gasteiger partial charge is 0.0393 e. The van der Waals surface area contributed by atoms with Crippen LogP contribution >= 0.6 is 0 Å². The van der Waals surface area contributed by atoms with Crippen LogP contribution in [0.3, 0.4) is 0 Å². The van der Waals surface area contributed by atoms with Crippen molar-refractivity contribution in [3.05, 3.63) is 78.9 Å². The molecule has 0 aliphatic rings. The Balaban J connectivity index is 2.05. The van der Waals surface area contributed by atoms with E-state index in [4.69, 9.17) is 5.73 Å². The van der Waals surface area contributed by atoms with Crippen molar-refractivity contribution in [3.8, 4) is 11.1 Å². The summed E-state index contributed by atoms with van der Waals surface area (Å²) in [6.07, 6.45) is 0. The van der Waals surface area contributed by atoms with Crippen LogP contribution in [0.2, 0.25) is 0 Å². The molecule has 0 fully saturated rings. The van der Waals surface area contributed by atoms with Crippen LogP contribution in [0.1, 0.15) is 0 Å². The zero-order valence-corrected chi connectivity index (χ0v) is 11.6. The summed E-state index contributed by atoms with van der Waals surface area (Å²) in [5.41, 5.74) is 9.18. The molecule has 4 rings (SSSR count). The third kappa shape index (κ3) is 1.95. The monoisotopic (exact) mass is 269 g/mol. The normalized spacial score (nSPS) is 11.0. The number of nitrogens with two attached hydrogens (primary N) is 1. The fraction of sp³-hybridized carbons (Fsp3) is 0. The molecule has 0 saturated carbocycles. The minimum absolute atomic E-state index is 0.817. The van der Waals surface area contributed by atoms with Gasteiger partial charge in [0.2, 0.25) is 0 Å². The third-order valence-corrected chi connectivity index (χ3v) is 4.02. The molecule has 0 saturated heterocycles. The van der Waals surface area contributed by atoms with Gasteiger partial charge in [-0.3, -0.25) is 0 Å². The van der Waals surface area contributed by atoms with Crippen molar-refractivity contribution >= 4 is 27.2 Å². The Labute approximate surface area is 123 Å². The average molecular weight is 269 g/mol. The van der Waals surface area contributed by atoms with Gasteiger partial charge < -0.3 is 5.73 Å². The summed E-state index contributed by atoms with van der Waals surface area (Å²) in [4.78, 5) is 0. The second-order valence-electron chi connectivity index (χ2n) is 5.31. The second kappa shape index (κ2) is 4.64. The van der Waals surface area contributed by atoms with Crippen LogP contribution in [0.5, 0.6) is 0 Å². The third-order valence-electron chi connectivity index (χ3n) is 4.02. The van der Waals surface area contributed by atoms with Gasteiger partial charge in [-0.05, 0) is 39.2 Å². The number of para-hydroxylation sites is 1. The first-order valence-corrected chi connectivity index (χ1v) is 7.09. The molecular formula is C20H15N. The van der Waals surface area contributed by atoms with E-state index >= 15 is 0 Å². The SMILES string of the molecule is Nc1ccccc1-c1ccc2ccc3ccccc3c2c1. The van der Waals surface area contributed by atoms with Crippen LogP contribution in [-0.4, -0.2) is 0 Å². The van der Waals surface area contributed by atoms with E-state index in [2.05, 4.69) is 60.7 Å². The van der Waals surface area contributed by atoms with Gasteiger partial charge in [0, 0.05) is 11.3 Å². The highest BCUT2D eigenvalue weighted by atomic mass is 14.6. The summed E-state index contributed by atoms with van der Waals surface area (Å²) >= 11 is 0.